The molecule has 2 rings (SSSR count). The van der Waals surface area contributed by atoms with Crippen LogP contribution in [0.15, 0.2) is 24.3 Å². The monoisotopic (exact) mass is 340 g/mol. The highest BCUT2D eigenvalue weighted by molar-refractivity contribution is 6.03. The van der Waals surface area contributed by atoms with Crippen molar-refractivity contribution in [3.05, 3.63) is 46.9 Å². The molecule has 0 bridgehead atoms. The Labute approximate surface area is 150 Å². The number of benzene rings is 1. The lowest BCUT2D eigenvalue weighted by Crippen LogP contribution is -2.27. The number of rotatable bonds is 7. The molecular formula is C20H28N4O. The van der Waals surface area contributed by atoms with Crippen molar-refractivity contribution in [3.8, 4) is 0 Å². The van der Waals surface area contributed by atoms with Gasteiger partial charge in [-0.05, 0) is 56.9 Å². The number of aryl methyl sites for hydroxylation is 3. The van der Waals surface area contributed by atoms with E-state index in [4.69, 9.17) is 0 Å². The van der Waals surface area contributed by atoms with Crippen molar-refractivity contribution in [3.63, 3.8) is 0 Å². The minimum Gasteiger partial charge on any atom is -0.357 e. The zero-order valence-electron chi connectivity index (χ0n) is 15.9. The standard InChI is InChI=1S/C20H28N4O/c1-6-8-24(9-7-2)19-13-18(21-16(5)22-19)20(25)23-17-11-14(3)10-15(4)12-17/h10-13H,6-9H2,1-5H3,(H,23,25). The third-order valence-electron chi connectivity index (χ3n) is 3.85. The first kappa shape index (κ1) is 18.9. The maximum Gasteiger partial charge on any atom is 0.274 e. The van der Waals surface area contributed by atoms with E-state index in [2.05, 4.69) is 40.1 Å². The first-order valence-electron chi connectivity index (χ1n) is 8.93. The lowest BCUT2D eigenvalue weighted by molar-refractivity contribution is 0.102. The molecule has 1 aromatic carbocycles. The fourth-order valence-corrected chi connectivity index (χ4v) is 2.95. The summed E-state index contributed by atoms with van der Waals surface area (Å²) in [6.07, 6.45) is 2.07. The molecule has 5 nitrogen and oxygen atoms in total. The molecule has 1 heterocycles. The molecule has 0 aliphatic heterocycles. The summed E-state index contributed by atoms with van der Waals surface area (Å²) < 4.78 is 0. The number of nitrogens with one attached hydrogen (secondary N) is 1. The Morgan fingerprint density at radius 1 is 0.960 bits per heavy atom. The van der Waals surface area contributed by atoms with Crippen molar-refractivity contribution in [2.24, 2.45) is 0 Å². The van der Waals surface area contributed by atoms with Crippen LogP contribution in [0.2, 0.25) is 0 Å². The average molecular weight is 340 g/mol. The molecule has 1 amide bonds. The molecule has 0 radical (unpaired) electrons. The molecule has 134 valence electrons. The van der Waals surface area contributed by atoms with Crippen LogP contribution in [0.4, 0.5) is 11.5 Å². The Morgan fingerprint density at radius 2 is 1.56 bits per heavy atom. The van der Waals surface area contributed by atoms with Crippen LogP contribution >= 0.6 is 0 Å². The summed E-state index contributed by atoms with van der Waals surface area (Å²) in [4.78, 5) is 23.7. The van der Waals surface area contributed by atoms with Crippen molar-refractivity contribution in [2.75, 3.05) is 23.3 Å². The van der Waals surface area contributed by atoms with Gasteiger partial charge in [0, 0.05) is 24.8 Å². The minimum absolute atomic E-state index is 0.204. The molecule has 5 heteroatoms. The van der Waals surface area contributed by atoms with Crippen LogP contribution < -0.4 is 10.2 Å². The number of hydrogen-bond acceptors (Lipinski definition) is 4. The quantitative estimate of drug-likeness (QED) is 0.817. The predicted molar refractivity (Wildman–Crippen MR) is 103 cm³/mol. The Balaban J connectivity index is 2.27. The summed E-state index contributed by atoms with van der Waals surface area (Å²) in [5.74, 6) is 1.23. The lowest BCUT2D eigenvalue weighted by Gasteiger charge is -2.23. The molecule has 0 saturated heterocycles. The smallest absolute Gasteiger partial charge is 0.274 e. The number of carbonyl (C=O) groups is 1. The number of hydrogen-bond donors (Lipinski definition) is 1. The second kappa shape index (κ2) is 8.60. The van der Waals surface area contributed by atoms with E-state index in [1.165, 1.54) is 0 Å². The van der Waals surface area contributed by atoms with Gasteiger partial charge in [-0.3, -0.25) is 4.79 Å². The van der Waals surface area contributed by atoms with Gasteiger partial charge in [0.2, 0.25) is 0 Å². The van der Waals surface area contributed by atoms with E-state index in [1.54, 1.807) is 6.07 Å². The van der Waals surface area contributed by atoms with E-state index >= 15 is 0 Å². The molecule has 0 aliphatic rings. The highest BCUT2D eigenvalue weighted by Crippen LogP contribution is 2.17. The van der Waals surface area contributed by atoms with Crippen molar-refractivity contribution >= 4 is 17.4 Å². The van der Waals surface area contributed by atoms with Gasteiger partial charge in [0.1, 0.15) is 17.3 Å². The van der Waals surface area contributed by atoms with E-state index in [9.17, 15) is 4.79 Å². The van der Waals surface area contributed by atoms with Crippen LogP contribution in [0.25, 0.3) is 0 Å². The predicted octanol–water partition coefficient (Wildman–Crippen LogP) is 4.28. The maximum atomic E-state index is 12.7. The summed E-state index contributed by atoms with van der Waals surface area (Å²) in [6.45, 7) is 12.0. The topological polar surface area (TPSA) is 58.1 Å². The number of nitrogens with zero attached hydrogens (tertiary/aromatic N) is 3. The molecule has 0 unspecified atom stereocenters. The number of amides is 1. The van der Waals surface area contributed by atoms with Crippen molar-refractivity contribution in [1.82, 2.24) is 9.97 Å². The van der Waals surface area contributed by atoms with E-state index in [0.29, 0.717) is 11.5 Å². The van der Waals surface area contributed by atoms with Gasteiger partial charge in [-0.25, -0.2) is 9.97 Å². The first-order chi connectivity index (χ1) is 11.9. The first-order valence-corrected chi connectivity index (χ1v) is 8.93. The van der Waals surface area contributed by atoms with Gasteiger partial charge in [0.25, 0.3) is 5.91 Å². The molecule has 1 aromatic heterocycles. The van der Waals surface area contributed by atoms with Crippen LogP contribution in [-0.4, -0.2) is 29.0 Å². The van der Waals surface area contributed by atoms with Gasteiger partial charge in [0.15, 0.2) is 0 Å². The van der Waals surface area contributed by atoms with Crippen molar-refractivity contribution < 1.29 is 4.79 Å². The normalized spacial score (nSPS) is 10.6. The second-order valence-electron chi connectivity index (χ2n) is 6.48. The fourth-order valence-electron chi connectivity index (χ4n) is 2.95. The zero-order valence-corrected chi connectivity index (χ0v) is 15.9. The van der Waals surface area contributed by atoms with Crippen LogP contribution in [0.1, 0.15) is 54.1 Å². The molecular weight excluding hydrogens is 312 g/mol. The molecule has 1 N–H and O–H groups in total. The zero-order chi connectivity index (χ0) is 18.4. The largest absolute Gasteiger partial charge is 0.357 e. The van der Waals surface area contributed by atoms with Crippen molar-refractivity contribution in [2.45, 2.75) is 47.5 Å². The molecule has 0 aliphatic carbocycles. The molecule has 0 atom stereocenters. The van der Waals surface area contributed by atoms with Crippen molar-refractivity contribution in [1.29, 1.82) is 0 Å². The molecule has 0 spiro atoms. The molecule has 0 fully saturated rings. The molecule has 0 saturated carbocycles. The fraction of sp³-hybridized carbons (Fsp3) is 0.450. The Hall–Kier alpha value is -2.43. The third kappa shape index (κ3) is 5.28. The van der Waals surface area contributed by atoms with Crippen LogP contribution in [-0.2, 0) is 0 Å². The Bertz CT molecular complexity index is 716. The minimum atomic E-state index is -0.204. The summed E-state index contributed by atoms with van der Waals surface area (Å²) in [5, 5.41) is 2.95. The van der Waals surface area contributed by atoms with E-state index < -0.39 is 0 Å². The third-order valence-corrected chi connectivity index (χ3v) is 3.85. The van der Waals surface area contributed by atoms with Crippen LogP contribution in [0.3, 0.4) is 0 Å². The maximum absolute atomic E-state index is 12.7. The van der Waals surface area contributed by atoms with E-state index in [0.717, 1.165) is 48.6 Å². The van der Waals surface area contributed by atoms with Gasteiger partial charge in [-0.2, -0.15) is 0 Å². The SMILES string of the molecule is CCCN(CCC)c1cc(C(=O)Nc2cc(C)cc(C)c2)nc(C)n1. The summed E-state index contributed by atoms with van der Waals surface area (Å²) in [6, 6.07) is 7.78. The van der Waals surface area contributed by atoms with Gasteiger partial charge >= 0.3 is 0 Å². The van der Waals surface area contributed by atoms with E-state index in [1.807, 2.05) is 32.9 Å². The van der Waals surface area contributed by atoms with Gasteiger partial charge < -0.3 is 10.2 Å². The van der Waals surface area contributed by atoms with Gasteiger partial charge in [-0.1, -0.05) is 19.9 Å². The van der Waals surface area contributed by atoms with Gasteiger partial charge in [-0.15, -0.1) is 0 Å². The average Bonchev–Trinajstić information content (AvgIpc) is 2.53. The van der Waals surface area contributed by atoms with Crippen LogP contribution in [0.5, 0.6) is 0 Å². The number of carbonyl (C=O) groups excluding carboxylic acids is 1. The van der Waals surface area contributed by atoms with Gasteiger partial charge in [0.05, 0.1) is 0 Å². The Kier molecular flexibility index (Phi) is 6.51. The Morgan fingerprint density at radius 3 is 2.12 bits per heavy atom. The van der Waals surface area contributed by atoms with E-state index in [-0.39, 0.29) is 5.91 Å². The number of anilines is 2. The van der Waals surface area contributed by atoms with Crippen LogP contribution in [0, 0.1) is 20.8 Å². The highest BCUT2D eigenvalue weighted by atomic mass is 16.1. The molecule has 2 aromatic rings. The summed E-state index contributed by atoms with van der Waals surface area (Å²) in [7, 11) is 0. The summed E-state index contributed by atoms with van der Waals surface area (Å²) >= 11 is 0. The molecule has 25 heavy (non-hydrogen) atoms. The number of aromatic nitrogens is 2. The highest BCUT2D eigenvalue weighted by Gasteiger charge is 2.14. The lowest BCUT2D eigenvalue weighted by atomic mass is 10.1. The second-order valence-corrected chi connectivity index (χ2v) is 6.48. The summed E-state index contributed by atoms with van der Waals surface area (Å²) in [5.41, 5.74) is 3.43.